The van der Waals surface area contributed by atoms with Gasteiger partial charge in [-0.2, -0.15) is 0 Å². The van der Waals surface area contributed by atoms with Gasteiger partial charge in [0.15, 0.2) is 0 Å². The molecule has 0 spiro atoms. The van der Waals surface area contributed by atoms with Gasteiger partial charge in [0.2, 0.25) is 15.9 Å². The lowest BCUT2D eigenvalue weighted by molar-refractivity contribution is -0.119. The SMILES string of the molecule is CCNC(=O)CNS(=O)(=O)c1cccc(C(N)CC)c1. The average Bonchev–Trinajstić information content (AvgIpc) is 2.45. The second kappa shape index (κ2) is 7.37. The van der Waals surface area contributed by atoms with Gasteiger partial charge < -0.3 is 11.1 Å². The Labute approximate surface area is 119 Å². The summed E-state index contributed by atoms with van der Waals surface area (Å²) in [5, 5.41) is 2.52. The van der Waals surface area contributed by atoms with Crippen LogP contribution < -0.4 is 15.8 Å². The van der Waals surface area contributed by atoms with E-state index in [1.54, 1.807) is 19.1 Å². The topological polar surface area (TPSA) is 101 Å². The van der Waals surface area contributed by atoms with Crippen LogP contribution in [-0.2, 0) is 14.8 Å². The number of nitrogens with two attached hydrogens (primary N) is 1. The van der Waals surface area contributed by atoms with Gasteiger partial charge in [-0.25, -0.2) is 13.1 Å². The van der Waals surface area contributed by atoms with Crippen LogP contribution in [0.3, 0.4) is 0 Å². The van der Waals surface area contributed by atoms with Crippen molar-refractivity contribution in [2.75, 3.05) is 13.1 Å². The summed E-state index contributed by atoms with van der Waals surface area (Å²) in [4.78, 5) is 11.4. The third-order valence-corrected chi connectivity index (χ3v) is 4.23. The largest absolute Gasteiger partial charge is 0.355 e. The number of sulfonamides is 1. The Hall–Kier alpha value is -1.44. The molecule has 0 saturated carbocycles. The van der Waals surface area contributed by atoms with Crippen LogP contribution in [0.25, 0.3) is 0 Å². The zero-order chi connectivity index (χ0) is 15.2. The Bertz CT molecular complexity index is 558. The van der Waals surface area contributed by atoms with Gasteiger partial charge in [-0.3, -0.25) is 4.79 Å². The molecule has 1 unspecified atom stereocenters. The van der Waals surface area contributed by atoms with Gasteiger partial charge in [-0.05, 0) is 31.0 Å². The van der Waals surface area contributed by atoms with Crippen molar-refractivity contribution < 1.29 is 13.2 Å². The fraction of sp³-hybridized carbons (Fsp3) is 0.462. The van der Waals surface area contributed by atoms with Gasteiger partial charge in [0, 0.05) is 12.6 Å². The molecule has 4 N–H and O–H groups in total. The molecular weight excluding hydrogens is 278 g/mol. The van der Waals surface area contributed by atoms with Crippen LogP contribution in [0.4, 0.5) is 0 Å². The van der Waals surface area contributed by atoms with E-state index in [2.05, 4.69) is 10.0 Å². The van der Waals surface area contributed by atoms with E-state index in [-0.39, 0.29) is 23.4 Å². The molecule has 0 saturated heterocycles. The number of hydrogen-bond donors (Lipinski definition) is 3. The summed E-state index contributed by atoms with van der Waals surface area (Å²) in [6.07, 6.45) is 0.718. The summed E-state index contributed by atoms with van der Waals surface area (Å²) in [7, 11) is -3.70. The zero-order valence-electron chi connectivity index (χ0n) is 11.7. The highest BCUT2D eigenvalue weighted by molar-refractivity contribution is 7.89. The molecular formula is C13H21N3O3S. The highest BCUT2D eigenvalue weighted by Crippen LogP contribution is 2.17. The number of likely N-dealkylation sites (N-methyl/N-ethyl adjacent to an activating group) is 1. The second-order valence-corrected chi connectivity index (χ2v) is 6.13. The lowest BCUT2D eigenvalue weighted by Crippen LogP contribution is -2.36. The number of carbonyl (C=O) groups excluding carboxylic acids is 1. The third-order valence-electron chi connectivity index (χ3n) is 2.83. The van der Waals surface area contributed by atoms with Gasteiger partial charge >= 0.3 is 0 Å². The second-order valence-electron chi connectivity index (χ2n) is 4.37. The van der Waals surface area contributed by atoms with Gasteiger partial charge in [0.25, 0.3) is 0 Å². The van der Waals surface area contributed by atoms with E-state index in [1.165, 1.54) is 12.1 Å². The minimum Gasteiger partial charge on any atom is -0.355 e. The Morgan fingerprint density at radius 2 is 2.05 bits per heavy atom. The molecule has 112 valence electrons. The predicted molar refractivity (Wildman–Crippen MR) is 77.5 cm³/mol. The Morgan fingerprint density at radius 3 is 2.65 bits per heavy atom. The van der Waals surface area contributed by atoms with E-state index in [9.17, 15) is 13.2 Å². The number of nitrogens with one attached hydrogen (secondary N) is 2. The van der Waals surface area contributed by atoms with Crippen molar-refractivity contribution in [2.24, 2.45) is 5.73 Å². The highest BCUT2D eigenvalue weighted by atomic mass is 32.2. The van der Waals surface area contributed by atoms with Crippen LogP contribution in [0.1, 0.15) is 31.9 Å². The van der Waals surface area contributed by atoms with Crippen LogP contribution in [0.15, 0.2) is 29.2 Å². The van der Waals surface area contributed by atoms with Gasteiger partial charge in [-0.15, -0.1) is 0 Å². The van der Waals surface area contributed by atoms with Crippen molar-refractivity contribution in [1.82, 2.24) is 10.0 Å². The molecule has 0 bridgehead atoms. The standard InChI is InChI=1S/C13H21N3O3S/c1-3-12(14)10-6-5-7-11(8-10)20(18,19)16-9-13(17)15-4-2/h5-8,12,16H,3-4,9,14H2,1-2H3,(H,15,17). The van der Waals surface area contributed by atoms with Crippen molar-refractivity contribution in [2.45, 2.75) is 31.2 Å². The van der Waals surface area contributed by atoms with Gasteiger partial charge in [-0.1, -0.05) is 19.1 Å². The van der Waals surface area contributed by atoms with Gasteiger partial charge in [0.05, 0.1) is 11.4 Å². The van der Waals surface area contributed by atoms with Crippen LogP contribution in [0.5, 0.6) is 0 Å². The Morgan fingerprint density at radius 1 is 1.35 bits per heavy atom. The van der Waals surface area contributed by atoms with Crippen molar-refractivity contribution in [3.63, 3.8) is 0 Å². The first kappa shape index (κ1) is 16.6. The van der Waals surface area contributed by atoms with Crippen LogP contribution >= 0.6 is 0 Å². The molecule has 6 nitrogen and oxygen atoms in total. The first-order valence-corrected chi connectivity index (χ1v) is 8.01. The number of amides is 1. The first-order chi connectivity index (χ1) is 9.40. The van der Waals surface area contributed by atoms with Gasteiger partial charge in [0.1, 0.15) is 0 Å². The van der Waals surface area contributed by atoms with E-state index < -0.39 is 10.0 Å². The number of carbonyl (C=O) groups is 1. The summed E-state index contributed by atoms with van der Waals surface area (Å²) in [6.45, 7) is 3.88. The van der Waals surface area contributed by atoms with E-state index in [4.69, 9.17) is 5.73 Å². The summed E-state index contributed by atoms with van der Waals surface area (Å²) in [5.74, 6) is -0.363. The molecule has 7 heteroatoms. The molecule has 1 amide bonds. The van der Waals surface area contributed by atoms with E-state index in [0.29, 0.717) is 6.54 Å². The lowest BCUT2D eigenvalue weighted by atomic mass is 10.1. The maximum Gasteiger partial charge on any atom is 0.241 e. The average molecular weight is 299 g/mol. The monoisotopic (exact) mass is 299 g/mol. The highest BCUT2D eigenvalue weighted by Gasteiger charge is 2.16. The van der Waals surface area contributed by atoms with Crippen molar-refractivity contribution in [3.05, 3.63) is 29.8 Å². The number of rotatable bonds is 7. The molecule has 0 aliphatic carbocycles. The smallest absolute Gasteiger partial charge is 0.241 e. The minimum atomic E-state index is -3.70. The molecule has 1 aromatic rings. The first-order valence-electron chi connectivity index (χ1n) is 6.52. The molecule has 0 heterocycles. The van der Waals surface area contributed by atoms with E-state index in [0.717, 1.165) is 12.0 Å². The molecule has 0 fully saturated rings. The maximum absolute atomic E-state index is 12.1. The van der Waals surface area contributed by atoms with Crippen molar-refractivity contribution in [3.8, 4) is 0 Å². The fourth-order valence-electron chi connectivity index (χ4n) is 1.65. The normalized spacial score (nSPS) is 12.9. The summed E-state index contributed by atoms with van der Waals surface area (Å²) in [6, 6.07) is 6.25. The molecule has 0 radical (unpaired) electrons. The van der Waals surface area contributed by atoms with Crippen LogP contribution in [0.2, 0.25) is 0 Å². The van der Waals surface area contributed by atoms with E-state index in [1.807, 2.05) is 6.92 Å². The molecule has 20 heavy (non-hydrogen) atoms. The molecule has 0 aliphatic rings. The quantitative estimate of drug-likeness (QED) is 0.683. The summed E-state index contributed by atoms with van der Waals surface area (Å²) >= 11 is 0. The Kier molecular flexibility index (Phi) is 6.12. The molecule has 1 atom stereocenters. The van der Waals surface area contributed by atoms with Crippen molar-refractivity contribution >= 4 is 15.9 Å². The molecule has 0 aromatic heterocycles. The fourth-order valence-corrected chi connectivity index (χ4v) is 2.69. The molecule has 1 rings (SSSR count). The van der Waals surface area contributed by atoms with E-state index >= 15 is 0 Å². The minimum absolute atomic E-state index is 0.114. The third kappa shape index (κ3) is 4.59. The van der Waals surface area contributed by atoms with Crippen LogP contribution in [-0.4, -0.2) is 27.4 Å². The molecule has 1 aromatic carbocycles. The summed E-state index contributed by atoms with van der Waals surface area (Å²) in [5.41, 5.74) is 6.65. The summed E-state index contributed by atoms with van der Waals surface area (Å²) < 4.78 is 26.4. The predicted octanol–water partition coefficient (Wildman–Crippen LogP) is 0.511. The zero-order valence-corrected chi connectivity index (χ0v) is 12.5. The lowest BCUT2D eigenvalue weighted by Gasteiger charge is -2.12. The molecule has 0 aliphatic heterocycles. The van der Waals surface area contributed by atoms with Crippen LogP contribution in [0, 0.1) is 0 Å². The number of benzene rings is 1. The maximum atomic E-state index is 12.1. The van der Waals surface area contributed by atoms with Crippen molar-refractivity contribution in [1.29, 1.82) is 0 Å². The number of hydrogen-bond acceptors (Lipinski definition) is 4. The Balaban J connectivity index is 2.84.